The third-order valence-electron chi connectivity index (χ3n) is 5.71. The summed E-state index contributed by atoms with van der Waals surface area (Å²) in [4.78, 5) is 43.5. The van der Waals surface area contributed by atoms with Gasteiger partial charge in [0.25, 0.3) is 11.8 Å². The third-order valence-corrected chi connectivity index (χ3v) is 5.71. The summed E-state index contributed by atoms with van der Waals surface area (Å²) in [5.74, 6) is -1.19. The fourth-order valence-corrected chi connectivity index (χ4v) is 3.79. The van der Waals surface area contributed by atoms with Gasteiger partial charge in [-0.05, 0) is 55.3 Å². The van der Waals surface area contributed by atoms with Gasteiger partial charge in [-0.15, -0.1) is 0 Å². The Labute approximate surface area is 202 Å². The smallest absolute Gasteiger partial charge is 0.274 e. The molecule has 0 aliphatic carbocycles. The first kappa shape index (κ1) is 23.9. The Kier molecular flexibility index (Phi) is 7.67. The molecule has 0 spiro atoms. The van der Waals surface area contributed by atoms with Crippen LogP contribution in [-0.4, -0.2) is 47.3 Å². The van der Waals surface area contributed by atoms with Crippen LogP contribution < -0.4 is 15.4 Å². The number of likely N-dealkylation sites (tertiary alicyclic amines) is 1. The Morgan fingerprint density at radius 1 is 0.943 bits per heavy atom. The van der Waals surface area contributed by atoms with Gasteiger partial charge in [0.1, 0.15) is 17.3 Å². The summed E-state index contributed by atoms with van der Waals surface area (Å²) in [6.45, 7) is 0.770. The summed E-state index contributed by atoms with van der Waals surface area (Å²) in [6.07, 6.45) is 2.43. The maximum Gasteiger partial charge on any atom is 0.274 e. The highest BCUT2D eigenvalue weighted by molar-refractivity contribution is 6.06. The molecule has 1 aliphatic heterocycles. The molecule has 0 atom stereocenters. The van der Waals surface area contributed by atoms with Crippen LogP contribution in [0.15, 0.2) is 72.9 Å². The molecule has 2 aromatic carbocycles. The van der Waals surface area contributed by atoms with Crippen molar-refractivity contribution >= 4 is 29.1 Å². The van der Waals surface area contributed by atoms with Crippen molar-refractivity contribution in [2.75, 3.05) is 30.3 Å². The number of ether oxygens (including phenoxy) is 1. The largest absolute Gasteiger partial charge is 0.484 e. The predicted octanol–water partition coefficient (Wildman–Crippen LogP) is 3.73. The Morgan fingerprint density at radius 2 is 1.69 bits per heavy atom. The first-order chi connectivity index (χ1) is 17.0. The van der Waals surface area contributed by atoms with Crippen molar-refractivity contribution in [3.63, 3.8) is 0 Å². The molecule has 8 nitrogen and oxygen atoms in total. The number of carbonyl (C=O) groups is 3. The Bertz CT molecular complexity index is 1180. The number of anilines is 2. The van der Waals surface area contributed by atoms with E-state index in [-0.39, 0.29) is 41.4 Å². The standard InChI is InChI=1S/C26H25FN4O4/c27-19-9-10-21(29-26(34)22-8-4-5-13-28-22)23(16-19)30-25(33)18-11-14-31(15-12-18)24(32)17-35-20-6-2-1-3-7-20/h1-10,13,16,18H,11-12,14-15,17H2,(H,29,34)(H,30,33). The van der Waals surface area contributed by atoms with E-state index in [1.807, 2.05) is 18.2 Å². The van der Waals surface area contributed by atoms with Crippen LogP contribution in [0.2, 0.25) is 0 Å². The number of halogens is 1. The highest BCUT2D eigenvalue weighted by Gasteiger charge is 2.28. The van der Waals surface area contributed by atoms with E-state index in [4.69, 9.17) is 4.74 Å². The van der Waals surface area contributed by atoms with Crippen LogP contribution in [0, 0.1) is 11.7 Å². The number of piperidine rings is 1. The zero-order valence-electron chi connectivity index (χ0n) is 18.9. The lowest BCUT2D eigenvalue weighted by molar-refractivity contribution is -0.136. The van der Waals surface area contributed by atoms with Crippen LogP contribution in [-0.2, 0) is 9.59 Å². The molecule has 0 bridgehead atoms. The van der Waals surface area contributed by atoms with Gasteiger partial charge in [-0.1, -0.05) is 24.3 Å². The van der Waals surface area contributed by atoms with Gasteiger partial charge in [-0.3, -0.25) is 19.4 Å². The molecular formula is C26H25FN4O4. The van der Waals surface area contributed by atoms with Gasteiger partial charge in [0.15, 0.2) is 6.61 Å². The second-order valence-electron chi connectivity index (χ2n) is 8.11. The van der Waals surface area contributed by atoms with Gasteiger partial charge >= 0.3 is 0 Å². The molecule has 3 amide bonds. The van der Waals surface area contributed by atoms with Crippen molar-refractivity contribution in [2.24, 2.45) is 5.92 Å². The van der Waals surface area contributed by atoms with Gasteiger partial charge in [-0.2, -0.15) is 0 Å². The van der Waals surface area contributed by atoms with Crippen LogP contribution in [0.3, 0.4) is 0 Å². The van der Waals surface area contributed by atoms with Gasteiger partial charge < -0.3 is 20.3 Å². The number of rotatable bonds is 7. The van der Waals surface area contributed by atoms with Crippen molar-refractivity contribution in [3.05, 3.63) is 84.4 Å². The molecule has 0 unspecified atom stereocenters. The summed E-state index contributed by atoms with van der Waals surface area (Å²) >= 11 is 0. The molecule has 4 rings (SSSR count). The monoisotopic (exact) mass is 476 g/mol. The second-order valence-corrected chi connectivity index (χ2v) is 8.11. The van der Waals surface area contributed by atoms with Crippen molar-refractivity contribution < 1.29 is 23.5 Å². The lowest BCUT2D eigenvalue weighted by atomic mass is 9.95. The van der Waals surface area contributed by atoms with E-state index in [0.717, 1.165) is 6.07 Å². The molecule has 35 heavy (non-hydrogen) atoms. The van der Waals surface area contributed by atoms with Crippen molar-refractivity contribution in [1.82, 2.24) is 9.88 Å². The number of benzene rings is 2. The van der Waals surface area contributed by atoms with Crippen LogP contribution in [0.25, 0.3) is 0 Å². The van der Waals surface area contributed by atoms with Gasteiger partial charge in [0, 0.05) is 25.2 Å². The Hall–Kier alpha value is -4.27. The summed E-state index contributed by atoms with van der Waals surface area (Å²) in [7, 11) is 0. The first-order valence-electron chi connectivity index (χ1n) is 11.3. The number of pyridine rings is 1. The Morgan fingerprint density at radius 3 is 2.40 bits per heavy atom. The predicted molar refractivity (Wildman–Crippen MR) is 128 cm³/mol. The van der Waals surface area contributed by atoms with Crippen molar-refractivity contribution in [3.8, 4) is 5.75 Å². The van der Waals surface area contributed by atoms with Gasteiger partial charge in [0.2, 0.25) is 5.91 Å². The molecule has 180 valence electrons. The van der Waals surface area contributed by atoms with E-state index < -0.39 is 11.7 Å². The number of nitrogens with one attached hydrogen (secondary N) is 2. The molecule has 1 aliphatic rings. The fourth-order valence-electron chi connectivity index (χ4n) is 3.79. The number of nitrogens with zero attached hydrogens (tertiary/aromatic N) is 2. The van der Waals surface area contributed by atoms with Crippen LogP contribution in [0.1, 0.15) is 23.3 Å². The van der Waals surface area contributed by atoms with Crippen LogP contribution in [0.5, 0.6) is 5.75 Å². The first-order valence-corrected chi connectivity index (χ1v) is 11.3. The molecule has 1 fully saturated rings. The van der Waals surface area contributed by atoms with Gasteiger partial charge in [0.05, 0.1) is 11.4 Å². The molecule has 9 heteroatoms. The van der Waals surface area contributed by atoms with E-state index in [2.05, 4.69) is 15.6 Å². The minimum absolute atomic E-state index is 0.0660. The number of aromatic nitrogens is 1. The van der Waals surface area contributed by atoms with Gasteiger partial charge in [-0.25, -0.2) is 4.39 Å². The summed E-state index contributed by atoms with van der Waals surface area (Å²) in [6, 6.07) is 17.8. The number of carbonyl (C=O) groups excluding carboxylic acids is 3. The summed E-state index contributed by atoms with van der Waals surface area (Å²) < 4.78 is 19.4. The molecule has 1 aromatic heterocycles. The molecule has 0 saturated carbocycles. The topological polar surface area (TPSA) is 101 Å². The highest BCUT2D eigenvalue weighted by atomic mass is 19.1. The van der Waals surface area contributed by atoms with E-state index in [1.54, 1.807) is 35.2 Å². The lowest BCUT2D eigenvalue weighted by Crippen LogP contribution is -2.43. The molecular weight excluding hydrogens is 451 g/mol. The molecule has 2 N–H and O–H groups in total. The van der Waals surface area contributed by atoms with Crippen molar-refractivity contribution in [2.45, 2.75) is 12.8 Å². The van der Waals surface area contributed by atoms with Crippen LogP contribution >= 0.6 is 0 Å². The highest BCUT2D eigenvalue weighted by Crippen LogP contribution is 2.26. The van der Waals surface area contributed by atoms with E-state index in [9.17, 15) is 18.8 Å². The molecule has 3 aromatic rings. The second kappa shape index (κ2) is 11.2. The maximum atomic E-state index is 13.9. The molecule has 1 saturated heterocycles. The maximum absolute atomic E-state index is 13.9. The number of para-hydroxylation sites is 1. The SMILES string of the molecule is O=C(Nc1ccc(F)cc1NC(=O)C1CCN(C(=O)COc2ccccc2)CC1)c1ccccn1. The fraction of sp³-hybridized carbons (Fsp3) is 0.231. The van der Waals surface area contributed by atoms with E-state index in [0.29, 0.717) is 31.7 Å². The summed E-state index contributed by atoms with van der Waals surface area (Å²) in [5, 5.41) is 5.39. The zero-order chi connectivity index (χ0) is 24.6. The quantitative estimate of drug-likeness (QED) is 0.541. The van der Waals surface area contributed by atoms with Crippen LogP contribution in [0.4, 0.5) is 15.8 Å². The lowest BCUT2D eigenvalue weighted by Gasteiger charge is -2.31. The van der Waals surface area contributed by atoms with E-state index in [1.165, 1.54) is 18.3 Å². The minimum atomic E-state index is -0.546. The molecule has 0 radical (unpaired) electrons. The average Bonchev–Trinajstić information content (AvgIpc) is 2.90. The number of amides is 3. The van der Waals surface area contributed by atoms with E-state index >= 15 is 0 Å². The number of hydrogen-bond acceptors (Lipinski definition) is 5. The van der Waals surface area contributed by atoms with Crippen molar-refractivity contribution in [1.29, 1.82) is 0 Å². The Balaban J connectivity index is 1.32. The summed E-state index contributed by atoms with van der Waals surface area (Å²) in [5.41, 5.74) is 0.623. The molecule has 2 heterocycles. The third kappa shape index (κ3) is 6.41. The average molecular weight is 477 g/mol. The number of hydrogen-bond donors (Lipinski definition) is 2. The zero-order valence-corrected chi connectivity index (χ0v) is 18.9. The normalized spacial score (nSPS) is 13.7. The minimum Gasteiger partial charge on any atom is -0.484 e.